The van der Waals surface area contributed by atoms with Gasteiger partial charge in [0.25, 0.3) is 5.91 Å². The molecule has 0 radical (unpaired) electrons. The molecule has 0 aliphatic rings. The Labute approximate surface area is 142 Å². The summed E-state index contributed by atoms with van der Waals surface area (Å²) in [5, 5.41) is 0.692. The number of nitrogens with zero attached hydrogens (tertiary/aromatic N) is 1. The molecule has 0 N–H and O–H groups in total. The molecule has 4 heteroatoms. The Morgan fingerprint density at radius 3 is 2.52 bits per heavy atom. The molecule has 122 valence electrons. The summed E-state index contributed by atoms with van der Waals surface area (Å²) in [6.07, 6.45) is 0.145. The number of carbonyl (C=O) groups excluding carboxylic acids is 1. The molecule has 0 fully saturated rings. The van der Waals surface area contributed by atoms with Crippen LogP contribution in [0.25, 0.3) is 0 Å². The van der Waals surface area contributed by atoms with Gasteiger partial charge in [-0.25, -0.2) is 0 Å². The average molecular weight is 332 g/mol. The quantitative estimate of drug-likeness (QED) is 0.782. The largest absolute Gasteiger partial charge is 0.481 e. The summed E-state index contributed by atoms with van der Waals surface area (Å²) >= 11 is 5.89. The Balaban J connectivity index is 2.02. The molecule has 1 amide bonds. The van der Waals surface area contributed by atoms with Crippen LogP contribution in [0.15, 0.2) is 48.5 Å². The summed E-state index contributed by atoms with van der Waals surface area (Å²) in [6.45, 7) is 4.49. The smallest absolute Gasteiger partial charge is 0.263 e. The fourth-order valence-corrected chi connectivity index (χ4v) is 2.47. The zero-order valence-electron chi connectivity index (χ0n) is 13.8. The molecule has 0 unspecified atom stereocenters. The monoisotopic (exact) mass is 331 g/mol. The number of benzene rings is 2. The third-order valence-electron chi connectivity index (χ3n) is 3.62. The number of hydrogen-bond donors (Lipinski definition) is 0. The van der Waals surface area contributed by atoms with Gasteiger partial charge in [-0.3, -0.25) is 4.79 Å². The van der Waals surface area contributed by atoms with Gasteiger partial charge in [0.15, 0.2) is 6.10 Å². The number of rotatable bonds is 6. The highest BCUT2D eigenvalue weighted by molar-refractivity contribution is 6.30. The van der Waals surface area contributed by atoms with Crippen LogP contribution in [0.4, 0.5) is 0 Å². The Morgan fingerprint density at radius 2 is 1.91 bits per heavy atom. The van der Waals surface area contributed by atoms with Crippen LogP contribution < -0.4 is 4.74 Å². The number of aryl methyl sites for hydroxylation is 1. The van der Waals surface area contributed by atoms with E-state index in [1.807, 2.05) is 62.4 Å². The highest BCUT2D eigenvalue weighted by atomic mass is 35.5. The molecular weight excluding hydrogens is 310 g/mol. The minimum atomic E-state index is -0.478. The van der Waals surface area contributed by atoms with Crippen molar-refractivity contribution in [2.75, 3.05) is 7.05 Å². The van der Waals surface area contributed by atoms with Crippen LogP contribution in [0.2, 0.25) is 5.02 Å². The van der Waals surface area contributed by atoms with E-state index in [0.717, 1.165) is 16.9 Å². The van der Waals surface area contributed by atoms with Gasteiger partial charge >= 0.3 is 0 Å². The highest BCUT2D eigenvalue weighted by Gasteiger charge is 2.22. The van der Waals surface area contributed by atoms with E-state index in [2.05, 4.69) is 0 Å². The van der Waals surface area contributed by atoms with E-state index in [9.17, 15) is 4.79 Å². The maximum Gasteiger partial charge on any atom is 0.263 e. The standard InChI is InChI=1S/C19H22ClNO2/c1-4-18(23-17-7-5-6-14(2)12-17)19(22)21(3)13-15-8-10-16(20)11-9-15/h5-12,18H,4,13H2,1-3H3/t18-/m1/s1. The molecule has 0 aliphatic heterocycles. The van der Waals surface area contributed by atoms with Gasteiger partial charge in [0.05, 0.1) is 0 Å². The topological polar surface area (TPSA) is 29.5 Å². The van der Waals surface area contributed by atoms with E-state index < -0.39 is 6.10 Å². The lowest BCUT2D eigenvalue weighted by Crippen LogP contribution is -2.39. The molecule has 3 nitrogen and oxygen atoms in total. The van der Waals surface area contributed by atoms with E-state index in [1.54, 1.807) is 11.9 Å². The molecular formula is C19H22ClNO2. The molecule has 2 aromatic rings. The lowest BCUT2D eigenvalue weighted by Gasteiger charge is -2.24. The molecule has 0 bridgehead atoms. The van der Waals surface area contributed by atoms with E-state index >= 15 is 0 Å². The number of likely N-dealkylation sites (N-methyl/N-ethyl adjacent to an activating group) is 1. The number of halogens is 1. The van der Waals surface area contributed by atoms with Crippen molar-refractivity contribution in [1.82, 2.24) is 4.90 Å². The van der Waals surface area contributed by atoms with Gasteiger partial charge < -0.3 is 9.64 Å². The first-order chi connectivity index (χ1) is 11.0. The second-order valence-corrected chi connectivity index (χ2v) is 6.09. The second kappa shape index (κ2) is 8.02. The van der Waals surface area contributed by atoms with E-state index in [-0.39, 0.29) is 5.91 Å². The van der Waals surface area contributed by atoms with Crippen molar-refractivity contribution >= 4 is 17.5 Å². The molecule has 0 spiro atoms. The van der Waals surface area contributed by atoms with Crippen LogP contribution in [-0.2, 0) is 11.3 Å². The van der Waals surface area contributed by atoms with Gasteiger partial charge in [0.1, 0.15) is 5.75 Å². The first kappa shape index (κ1) is 17.4. The van der Waals surface area contributed by atoms with Crippen molar-refractivity contribution in [2.45, 2.75) is 32.9 Å². The molecule has 0 aliphatic carbocycles. The third kappa shape index (κ3) is 5.00. The number of hydrogen-bond acceptors (Lipinski definition) is 2. The van der Waals surface area contributed by atoms with Crippen LogP contribution in [-0.4, -0.2) is 24.0 Å². The van der Waals surface area contributed by atoms with Crippen LogP contribution >= 0.6 is 11.6 Å². The van der Waals surface area contributed by atoms with Gasteiger partial charge in [0.2, 0.25) is 0 Å². The first-order valence-corrected chi connectivity index (χ1v) is 8.10. The van der Waals surface area contributed by atoms with E-state index in [0.29, 0.717) is 18.0 Å². The predicted molar refractivity (Wildman–Crippen MR) is 93.8 cm³/mol. The van der Waals surface area contributed by atoms with E-state index in [1.165, 1.54) is 0 Å². The minimum absolute atomic E-state index is 0.0241. The maximum atomic E-state index is 12.6. The van der Waals surface area contributed by atoms with Crippen molar-refractivity contribution in [3.05, 3.63) is 64.7 Å². The number of ether oxygens (including phenoxy) is 1. The fraction of sp³-hybridized carbons (Fsp3) is 0.316. The molecule has 2 rings (SSSR count). The van der Waals surface area contributed by atoms with Crippen molar-refractivity contribution in [3.8, 4) is 5.75 Å². The van der Waals surface area contributed by atoms with Crippen LogP contribution in [0.3, 0.4) is 0 Å². The number of amides is 1. The lowest BCUT2D eigenvalue weighted by molar-refractivity contribution is -0.138. The summed E-state index contributed by atoms with van der Waals surface area (Å²) in [5.74, 6) is 0.703. The van der Waals surface area contributed by atoms with Crippen molar-refractivity contribution < 1.29 is 9.53 Å². The lowest BCUT2D eigenvalue weighted by atomic mass is 10.2. The summed E-state index contributed by atoms with van der Waals surface area (Å²) < 4.78 is 5.87. The summed E-state index contributed by atoms with van der Waals surface area (Å²) in [6, 6.07) is 15.3. The van der Waals surface area contributed by atoms with E-state index in [4.69, 9.17) is 16.3 Å². The average Bonchev–Trinajstić information content (AvgIpc) is 2.54. The molecule has 0 saturated heterocycles. The normalized spacial score (nSPS) is 11.8. The molecule has 23 heavy (non-hydrogen) atoms. The Morgan fingerprint density at radius 1 is 1.22 bits per heavy atom. The Kier molecular flexibility index (Phi) is 6.05. The molecule has 0 aromatic heterocycles. The second-order valence-electron chi connectivity index (χ2n) is 5.65. The summed E-state index contributed by atoms with van der Waals surface area (Å²) in [5.41, 5.74) is 2.15. The minimum Gasteiger partial charge on any atom is -0.481 e. The van der Waals surface area contributed by atoms with Crippen LogP contribution in [0.1, 0.15) is 24.5 Å². The van der Waals surface area contributed by atoms with Gasteiger partial charge in [-0.1, -0.05) is 42.8 Å². The third-order valence-corrected chi connectivity index (χ3v) is 3.88. The zero-order chi connectivity index (χ0) is 16.8. The molecule has 0 saturated carbocycles. The maximum absolute atomic E-state index is 12.6. The zero-order valence-corrected chi connectivity index (χ0v) is 14.5. The summed E-state index contributed by atoms with van der Waals surface area (Å²) in [7, 11) is 1.79. The van der Waals surface area contributed by atoms with Crippen LogP contribution in [0, 0.1) is 6.92 Å². The van der Waals surface area contributed by atoms with Crippen LogP contribution in [0.5, 0.6) is 5.75 Å². The van der Waals surface area contributed by atoms with Crippen molar-refractivity contribution in [1.29, 1.82) is 0 Å². The Hall–Kier alpha value is -2.00. The number of carbonyl (C=O) groups is 1. The van der Waals surface area contributed by atoms with Crippen molar-refractivity contribution in [3.63, 3.8) is 0 Å². The predicted octanol–water partition coefficient (Wildman–Crippen LogP) is 4.46. The summed E-state index contributed by atoms with van der Waals surface area (Å²) in [4.78, 5) is 14.3. The van der Waals surface area contributed by atoms with Gasteiger partial charge in [-0.2, -0.15) is 0 Å². The highest BCUT2D eigenvalue weighted by Crippen LogP contribution is 2.17. The molecule has 2 aromatic carbocycles. The van der Waals surface area contributed by atoms with Gasteiger partial charge in [0, 0.05) is 18.6 Å². The Bertz CT molecular complexity index is 655. The molecule has 1 atom stereocenters. The van der Waals surface area contributed by atoms with Crippen molar-refractivity contribution in [2.24, 2.45) is 0 Å². The van der Waals surface area contributed by atoms with Gasteiger partial charge in [-0.05, 0) is 48.7 Å². The molecule has 0 heterocycles. The van der Waals surface area contributed by atoms with Gasteiger partial charge in [-0.15, -0.1) is 0 Å². The first-order valence-electron chi connectivity index (χ1n) is 7.72. The SMILES string of the molecule is CC[C@@H](Oc1cccc(C)c1)C(=O)N(C)Cc1ccc(Cl)cc1. The fourth-order valence-electron chi connectivity index (χ4n) is 2.35.